The normalized spacial score (nSPS) is 15.3. The van der Waals surface area contributed by atoms with Crippen molar-refractivity contribution in [2.45, 2.75) is 55.5 Å². The van der Waals surface area contributed by atoms with Crippen molar-refractivity contribution < 1.29 is 30.8 Å². The molecule has 0 aliphatic carbocycles. The van der Waals surface area contributed by atoms with E-state index in [4.69, 9.17) is 9.72 Å². The van der Waals surface area contributed by atoms with Crippen LogP contribution >= 0.6 is 0 Å². The van der Waals surface area contributed by atoms with Crippen LogP contribution < -0.4 is 19.8 Å². The number of aromatic amines is 2. The van der Waals surface area contributed by atoms with E-state index in [9.17, 15) is 26.0 Å². The fourth-order valence-corrected chi connectivity index (χ4v) is 9.46. The summed E-state index contributed by atoms with van der Waals surface area (Å²) >= 11 is 0. The van der Waals surface area contributed by atoms with Crippen molar-refractivity contribution in [2.24, 2.45) is 0 Å². The lowest BCUT2D eigenvalue weighted by molar-refractivity contribution is 0.155. The van der Waals surface area contributed by atoms with Crippen LogP contribution in [0.2, 0.25) is 0 Å². The number of nitrogens with zero attached hydrogens (tertiary/aromatic N) is 4. The summed E-state index contributed by atoms with van der Waals surface area (Å²) in [4.78, 5) is 33.4. The van der Waals surface area contributed by atoms with Crippen molar-refractivity contribution >= 4 is 48.7 Å². The van der Waals surface area contributed by atoms with Gasteiger partial charge in [0, 0.05) is 48.5 Å². The number of halogens is 1. The summed E-state index contributed by atoms with van der Waals surface area (Å²) in [6.45, 7) is 2.60. The number of imidazole rings is 2. The zero-order valence-corrected chi connectivity index (χ0v) is 33.8. The molecule has 4 N–H and O–H groups in total. The number of amides is 1. The minimum absolute atomic E-state index is 0.0303. The van der Waals surface area contributed by atoms with E-state index in [1.54, 1.807) is 30.7 Å². The number of rotatable bonds is 13. The molecule has 59 heavy (non-hydrogen) atoms. The number of benzene rings is 4. The minimum atomic E-state index is -3.74. The fraction of sp³-hybridized carbons (Fsp3) is 0.262. The van der Waals surface area contributed by atoms with E-state index in [1.807, 2.05) is 36.5 Å². The Labute approximate surface area is 341 Å². The number of hydrogen-bond acceptors (Lipinski definition) is 10. The summed E-state index contributed by atoms with van der Waals surface area (Å²) in [5, 5.41) is 2.84. The van der Waals surface area contributed by atoms with Crippen molar-refractivity contribution in [1.29, 1.82) is 0 Å². The Hall–Kier alpha value is -6.20. The number of ether oxygens (including phenoxy) is 1. The zero-order chi connectivity index (χ0) is 41.1. The third-order valence-corrected chi connectivity index (χ3v) is 12.9. The molecule has 2 aromatic heterocycles. The summed E-state index contributed by atoms with van der Waals surface area (Å²) in [6, 6.07) is 23.0. The summed E-state index contributed by atoms with van der Waals surface area (Å²) < 4.78 is 71.2. The molecule has 0 bridgehead atoms. The van der Waals surface area contributed by atoms with Crippen LogP contribution in [0.25, 0.3) is 0 Å². The molecule has 0 saturated carbocycles. The van der Waals surface area contributed by atoms with Crippen LogP contribution in [0.5, 0.6) is 0 Å². The van der Waals surface area contributed by atoms with Crippen LogP contribution in [0.15, 0.2) is 109 Å². The molecule has 2 aliphatic heterocycles. The van der Waals surface area contributed by atoms with Gasteiger partial charge in [-0.2, -0.15) is 0 Å². The van der Waals surface area contributed by atoms with Gasteiger partial charge in [0.1, 0.15) is 18.2 Å². The molecular weight excluding hydrogens is 796 g/mol. The maximum atomic E-state index is 13.4. The van der Waals surface area contributed by atoms with Crippen LogP contribution in [-0.2, 0) is 56.5 Å². The van der Waals surface area contributed by atoms with Gasteiger partial charge in [-0.25, -0.2) is 36.0 Å². The van der Waals surface area contributed by atoms with Crippen LogP contribution in [0.1, 0.15) is 58.2 Å². The Kier molecular flexibility index (Phi) is 11.1. The molecule has 0 saturated heterocycles. The predicted molar refractivity (Wildman–Crippen MR) is 223 cm³/mol. The van der Waals surface area contributed by atoms with E-state index in [0.29, 0.717) is 42.1 Å². The van der Waals surface area contributed by atoms with Crippen molar-refractivity contribution in [3.63, 3.8) is 0 Å². The van der Waals surface area contributed by atoms with Crippen molar-refractivity contribution in [3.05, 3.63) is 149 Å². The average molecular weight is 839 g/mol. The monoisotopic (exact) mass is 838 g/mol. The number of anilines is 4. The summed E-state index contributed by atoms with van der Waals surface area (Å²) in [5.74, 6) is 0.0794. The number of hydrogen-bond donors (Lipinski definition) is 4. The summed E-state index contributed by atoms with van der Waals surface area (Å²) in [7, 11) is -7.07. The van der Waals surface area contributed by atoms with Crippen LogP contribution in [0.3, 0.4) is 0 Å². The molecule has 14 nitrogen and oxygen atoms in total. The molecule has 6 aromatic rings. The Morgan fingerprint density at radius 1 is 0.864 bits per heavy atom. The molecule has 306 valence electrons. The van der Waals surface area contributed by atoms with Gasteiger partial charge in [0.2, 0.25) is 10.0 Å². The molecule has 0 fully saturated rings. The number of aryl methyl sites for hydroxylation is 1. The van der Waals surface area contributed by atoms with Crippen molar-refractivity contribution in [2.75, 3.05) is 39.2 Å². The van der Waals surface area contributed by atoms with E-state index in [-0.39, 0.29) is 23.2 Å². The number of aromatic nitrogens is 4. The summed E-state index contributed by atoms with van der Waals surface area (Å²) in [5.41, 5.74) is 8.09. The number of nitrogens with one attached hydrogen (secondary N) is 4. The number of sulfonamides is 1. The van der Waals surface area contributed by atoms with Gasteiger partial charge in [-0.15, -0.1) is 0 Å². The Balaban J connectivity index is 0.968. The fourth-order valence-electron chi connectivity index (χ4n) is 7.64. The van der Waals surface area contributed by atoms with Gasteiger partial charge in [0.05, 0.1) is 53.3 Å². The van der Waals surface area contributed by atoms with E-state index in [1.165, 1.54) is 36.4 Å². The number of carbonyl (C=O) groups is 1. The minimum Gasteiger partial charge on any atom is -0.444 e. The Morgan fingerprint density at radius 3 is 2.36 bits per heavy atom. The maximum Gasteiger partial charge on any atom is 0.411 e. The SMILES string of the molecule is CS(=O)(=O)c1ccc(COC(=O)Nc2ccc3c(c2)N(Cc2cnc[nH]2)CCC3c2ncc(CN3CCCc4ccc(NS(=O)(=O)Cc5ccc(F)cc5)cc43)[nH]2)cc1. The first-order valence-electron chi connectivity index (χ1n) is 19.1. The largest absolute Gasteiger partial charge is 0.444 e. The van der Waals surface area contributed by atoms with E-state index in [2.05, 4.69) is 34.8 Å². The van der Waals surface area contributed by atoms with Gasteiger partial charge in [0.25, 0.3) is 0 Å². The molecule has 0 radical (unpaired) electrons. The standard InChI is InChI=1S/C42H43FN8O6S2/c1-58(53,54)36-13-6-28(7-14-36)25-57-42(52)48-32-12-15-37-38(16-18-51(40(37)19-32)23-34-21-44-27-46-34)41-45-22-35(47-41)24-50-17-2-3-30-8-11-33(20-39(30)50)49-59(55,56)26-29-4-9-31(43)10-5-29/h4-15,19-22,27,38,49H,2-3,16-18,23-26H2,1H3,(H,44,46)(H,45,47)(H,48,52). The molecule has 17 heteroatoms. The lowest BCUT2D eigenvalue weighted by Crippen LogP contribution is -2.32. The summed E-state index contributed by atoms with van der Waals surface area (Å²) in [6.07, 6.45) is 8.41. The lowest BCUT2D eigenvalue weighted by atomic mass is 9.88. The zero-order valence-electron chi connectivity index (χ0n) is 32.2. The Bertz CT molecular complexity index is 2670. The smallest absolute Gasteiger partial charge is 0.411 e. The third kappa shape index (κ3) is 9.58. The van der Waals surface area contributed by atoms with Gasteiger partial charge in [-0.3, -0.25) is 10.0 Å². The molecule has 1 unspecified atom stereocenters. The van der Waals surface area contributed by atoms with Gasteiger partial charge >= 0.3 is 6.09 Å². The highest BCUT2D eigenvalue weighted by atomic mass is 32.2. The molecule has 2 aliphatic rings. The average Bonchev–Trinajstić information content (AvgIpc) is 3.91. The first-order chi connectivity index (χ1) is 28.3. The molecule has 1 atom stereocenters. The number of sulfone groups is 1. The quantitative estimate of drug-likeness (QED) is 0.0959. The third-order valence-electron chi connectivity index (χ3n) is 10.5. The molecule has 4 heterocycles. The molecular formula is C42H43FN8O6S2. The van der Waals surface area contributed by atoms with Crippen LogP contribution in [-0.4, -0.2) is 62.2 Å². The highest BCUT2D eigenvalue weighted by molar-refractivity contribution is 7.92. The van der Waals surface area contributed by atoms with E-state index >= 15 is 0 Å². The Morgan fingerprint density at radius 2 is 1.59 bits per heavy atom. The van der Waals surface area contributed by atoms with E-state index in [0.717, 1.165) is 71.8 Å². The predicted octanol–water partition coefficient (Wildman–Crippen LogP) is 6.86. The molecule has 0 spiro atoms. The topological polar surface area (TPSA) is 182 Å². The van der Waals surface area contributed by atoms with Gasteiger partial charge in [-0.1, -0.05) is 36.4 Å². The van der Waals surface area contributed by atoms with Crippen LogP contribution in [0.4, 0.5) is 31.9 Å². The highest BCUT2D eigenvalue weighted by Gasteiger charge is 2.30. The second kappa shape index (κ2) is 16.6. The molecule has 8 rings (SSSR count). The molecule has 1 amide bonds. The van der Waals surface area contributed by atoms with Gasteiger partial charge < -0.3 is 24.5 Å². The van der Waals surface area contributed by atoms with Crippen molar-refractivity contribution in [1.82, 2.24) is 19.9 Å². The first kappa shape index (κ1) is 39.6. The second-order valence-corrected chi connectivity index (χ2v) is 18.6. The van der Waals surface area contributed by atoms with E-state index < -0.39 is 31.8 Å². The molecule has 4 aromatic carbocycles. The second-order valence-electron chi connectivity index (χ2n) is 14.9. The number of carbonyl (C=O) groups excluding carboxylic acids is 1. The van der Waals surface area contributed by atoms with Gasteiger partial charge in [0.15, 0.2) is 9.84 Å². The van der Waals surface area contributed by atoms with Crippen LogP contribution in [0, 0.1) is 5.82 Å². The van der Waals surface area contributed by atoms with Gasteiger partial charge in [-0.05, 0) is 90.0 Å². The first-order valence-corrected chi connectivity index (χ1v) is 22.6. The number of fused-ring (bicyclic) bond motifs is 2. The van der Waals surface area contributed by atoms with Crippen molar-refractivity contribution in [3.8, 4) is 0 Å². The number of H-pyrrole nitrogens is 2. The highest BCUT2D eigenvalue weighted by Crippen LogP contribution is 2.41. The maximum absolute atomic E-state index is 13.4. The lowest BCUT2D eigenvalue weighted by Gasteiger charge is -2.35.